The molecule has 0 bridgehead atoms. The molecule has 3 fully saturated rings. The topological polar surface area (TPSA) is 62.5 Å². The average molecular weight is 332 g/mol. The second-order valence-electron chi connectivity index (χ2n) is 8.24. The Morgan fingerprint density at radius 1 is 1.25 bits per heavy atom. The molecule has 1 saturated carbocycles. The molecule has 2 aliphatic heterocycles. The minimum atomic E-state index is 0.246. The largest absolute Gasteiger partial charge is 0.424 e. The molecule has 1 amide bonds. The van der Waals surface area contributed by atoms with Crippen molar-refractivity contribution in [3.05, 3.63) is 11.8 Å². The molecule has 1 atom stereocenters. The van der Waals surface area contributed by atoms with Gasteiger partial charge in [0.05, 0.1) is 6.54 Å². The fourth-order valence-corrected chi connectivity index (χ4v) is 4.31. The fourth-order valence-electron chi connectivity index (χ4n) is 4.31. The number of hydrogen-bond acceptors (Lipinski definition) is 5. The number of hydrogen-bond donors (Lipinski definition) is 0. The van der Waals surface area contributed by atoms with Crippen molar-refractivity contribution in [3.63, 3.8) is 0 Å². The zero-order valence-electron chi connectivity index (χ0n) is 14.8. The molecule has 24 heavy (non-hydrogen) atoms. The van der Waals surface area contributed by atoms with Gasteiger partial charge in [-0.2, -0.15) is 0 Å². The van der Waals surface area contributed by atoms with E-state index in [4.69, 9.17) is 4.42 Å². The predicted octanol–water partition coefficient (Wildman–Crippen LogP) is 2.56. The van der Waals surface area contributed by atoms with Crippen LogP contribution in [0.3, 0.4) is 0 Å². The van der Waals surface area contributed by atoms with Crippen LogP contribution in [0.15, 0.2) is 4.42 Å². The Morgan fingerprint density at radius 2 is 2.08 bits per heavy atom. The first-order chi connectivity index (χ1) is 11.5. The Hall–Kier alpha value is -1.43. The molecule has 1 aliphatic carbocycles. The number of amides is 1. The third-order valence-electron chi connectivity index (χ3n) is 5.83. The summed E-state index contributed by atoms with van der Waals surface area (Å²) in [6, 6.07) is 0.294. The molecule has 132 valence electrons. The molecule has 6 nitrogen and oxygen atoms in total. The van der Waals surface area contributed by atoms with Crippen LogP contribution in [0.5, 0.6) is 0 Å². The van der Waals surface area contributed by atoms with Crippen LogP contribution in [-0.2, 0) is 11.3 Å². The molecule has 1 aromatic rings. The molecule has 0 N–H and O–H groups in total. The molecule has 1 unspecified atom stereocenters. The van der Waals surface area contributed by atoms with Crippen LogP contribution in [0, 0.1) is 5.41 Å². The van der Waals surface area contributed by atoms with Crippen molar-refractivity contribution in [2.24, 2.45) is 5.41 Å². The van der Waals surface area contributed by atoms with Gasteiger partial charge in [0.25, 0.3) is 0 Å². The van der Waals surface area contributed by atoms with Crippen molar-refractivity contribution in [1.82, 2.24) is 20.0 Å². The molecule has 4 rings (SSSR count). The van der Waals surface area contributed by atoms with E-state index in [1.54, 1.807) is 0 Å². The molecule has 1 spiro atoms. The van der Waals surface area contributed by atoms with Gasteiger partial charge in [-0.1, -0.05) is 0 Å². The standard InChI is InChI=1S/C18H28N4O2/c1-13(2)22-12-18(8-6-16(22)23)7-3-9-21(11-18)10-15-19-20-17(24-15)14-4-5-14/h13-14H,3-12H2,1-2H3. The first-order valence-corrected chi connectivity index (χ1v) is 9.39. The van der Waals surface area contributed by atoms with Crippen molar-refractivity contribution >= 4 is 5.91 Å². The number of aromatic nitrogens is 2. The Bertz CT molecular complexity index is 610. The SMILES string of the molecule is CC(C)N1CC2(CCCN(Cc3nnc(C4CC4)o3)C2)CCC1=O. The molecule has 2 saturated heterocycles. The average Bonchev–Trinajstić information content (AvgIpc) is 3.30. The number of carbonyl (C=O) groups excluding carboxylic acids is 1. The molecule has 0 aromatic carbocycles. The first kappa shape index (κ1) is 16.1. The van der Waals surface area contributed by atoms with E-state index in [0.29, 0.717) is 24.3 Å². The van der Waals surface area contributed by atoms with E-state index in [-0.39, 0.29) is 5.41 Å². The van der Waals surface area contributed by atoms with Crippen LogP contribution < -0.4 is 0 Å². The van der Waals surface area contributed by atoms with Crippen molar-refractivity contribution in [1.29, 1.82) is 0 Å². The lowest BCUT2D eigenvalue weighted by atomic mass is 9.73. The molecule has 3 heterocycles. The van der Waals surface area contributed by atoms with E-state index >= 15 is 0 Å². The van der Waals surface area contributed by atoms with Gasteiger partial charge in [-0.15, -0.1) is 10.2 Å². The maximum Gasteiger partial charge on any atom is 0.230 e. The van der Waals surface area contributed by atoms with Crippen molar-refractivity contribution in [3.8, 4) is 0 Å². The predicted molar refractivity (Wildman–Crippen MR) is 89.3 cm³/mol. The summed E-state index contributed by atoms with van der Waals surface area (Å²) < 4.78 is 5.83. The molecular formula is C18H28N4O2. The quantitative estimate of drug-likeness (QED) is 0.848. The highest BCUT2D eigenvalue weighted by Gasteiger charge is 2.42. The summed E-state index contributed by atoms with van der Waals surface area (Å²) in [4.78, 5) is 16.7. The second kappa shape index (κ2) is 6.14. The molecule has 3 aliphatic rings. The monoisotopic (exact) mass is 332 g/mol. The van der Waals surface area contributed by atoms with E-state index in [1.165, 1.54) is 25.7 Å². The van der Waals surface area contributed by atoms with Crippen LogP contribution >= 0.6 is 0 Å². The van der Waals surface area contributed by atoms with Gasteiger partial charge in [-0.3, -0.25) is 9.69 Å². The minimum absolute atomic E-state index is 0.246. The van der Waals surface area contributed by atoms with E-state index < -0.39 is 0 Å². The Labute approximate surface area is 143 Å². The van der Waals surface area contributed by atoms with E-state index in [1.807, 2.05) is 0 Å². The minimum Gasteiger partial charge on any atom is -0.424 e. The summed E-state index contributed by atoms with van der Waals surface area (Å²) in [5, 5.41) is 8.43. The lowest BCUT2D eigenvalue weighted by Crippen LogP contribution is -2.55. The summed E-state index contributed by atoms with van der Waals surface area (Å²) in [6.45, 7) is 8.00. The van der Waals surface area contributed by atoms with Crippen molar-refractivity contribution in [2.75, 3.05) is 19.6 Å². The third-order valence-corrected chi connectivity index (χ3v) is 5.83. The van der Waals surface area contributed by atoms with E-state index in [0.717, 1.165) is 44.4 Å². The fraction of sp³-hybridized carbons (Fsp3) is 0.833. The highest BCUT2D eigenvalue weighted by Crippen LogP contribution is 2.41. The zero-order valence-corrected chi connectivity index (χ0v) is 14.8. The van der Waals surface area contributed by atoms with Crippen LogP contribution in [0.25, 0.3) is 0 Å². The van der Waals surface area contributed by atoms with Gasteiger partial charge in [0.2, 0.25) is 17.7 Å². The second-order valence-corrected chi connectivity index (χ2v) is 8.24. The molecule has 0 radical (unpaired) electrons. The van der Waals surface area contributed by atoms with Gasteiger partial charge < -0.3 is 9.32 Å². The summed E-state index contributed by atoms with van der Waals surface area (Å²) in [5.74, 6) is 2.41. The molecule has 6 heteroatoms. The summed E-state index contributed by atoms with van der Waals surface area (Å²) in [5.41, 5.74) is 0.246. The smallest absolute Gasteiger partial charge is 0.230 e. The lowest BCUT2D eigenvalue weighted by Gasteiger charge is -2.49. The Morgan fingerprint density at radius 3 is 2.83 bits per heavy atom. The van der Waals surface area contributed by atoms with Gasteiger partial charge >= 0.3 is 0 Å². The molecular weight excluding hydrogens is 304 g/mol. The lowest BCUT2D eigenvalue weighted by molar-refractivity contribution is -0.141. The van der Waals surface area contributed by atoms with Gasteiger partial charge in [-0.25, -0.2) is 0 Å². The van der Waals surface area contributed by atoms with Gasteiger partial charge in [0.1, 0.15) is 0 Å². The number of piperidine rings is 2. The van der Waals surface area contributed by atoms with Crippen LogP contribution in [-0.4, -0.2) is 51.6 Å². The Balaban J connectivity index is 1.41. The summed E-state index contributed by atoms with van der Waals surface area (Å²) >= 11 is 0. The number of likely N-dealkylation sites (tertiary alicyclic amines) is 2. The zero-order chi connectivity index (χ0) is 16.7. The van der Waals surface area contributed by atoms with Gasteiger partial charge in [0.15, 0.2) is 0 Å². The maximum atomic E-state index is 12.2. The maximum absolute atomic E-state index is 12.2. The first-order valence-electron chi connectivity index (χ1n) is 9.39. The van der Waals surface area contributed by atoms with Crippen molar-refractivity contribution < 1.29 is 9.21 Å². The van der Waals surface area contributed by atoms with Gasteiger partial charge in [0, 0.05) is 36.9 Å². The third kappa shape index (κ3) is 3.21. The summed E-state index contributed by atoms with van der Waals surface area (Å²) in [7, 11) is 0. The van der Waals surface area contributed by atoms with Crippen molar-refractivity contribution in [2.45, 2.75) is 70.9 Å². The van der Waals surface area contributed by atoms with Gasteiger partial charge in [-0.05, 0) is 52.5 Å². The Kier molecular flexibility index (Phi) is 4.11. The summed E-state index contributed by atoms with van der Waals surface area (Å²) in [6.07, 6.45) is 6.49. The normalized spacial score (nSPS) is 29.0. The number of carbonyl (C=O) groups is 1. The van der Waals surface area contributed by atoms with Crippen LogP contribution in [0.4, 0.5) is 0 Å². The molecule has 1 aromatic heterocycles. The highest BCUT2D eigenvalue weighted by molar-refractivity contribution is 5.77. The number of rotatable bonds is 4. The van der Waals surface area contributed by atoms with Crippen LogP contribution in [0.2, 0.25) is 0 Å². The van der Waals surface area contributed by atoms with Crippen LogP contribution in [0.1, 0.15) is 70.1 Å². The highest BCUT2D eigenvalue weighted by atomic mass is 16.4. The number of nitrogens with zero attached hydrogens (tertiary/aromatic N) is 4. The van der Waals surface area contributed by atoms with E-state index in [9.17, 15) is 4.79 Å². The van der Waals surface area contributed by atoms with E-state index in [2.05, 4.69) is 33.8 Å².